The van der Waals surface area contributed by atoms with Crippen LogP contribution in [0.15, 0.2) is 42.7 Å². The Balaban J connectivity index is 1.51. The summed E-state index contributed by atoms with van der Waals surface area (Å²) in [5, 5.41) is 14.7. The zero-order valence-electron chi connectivity index (χ0n) is 20.6. The molecule has 0 spiro atoms. The van der Waals surface area contributed by atoms with Gasteiger partial charge in [-0.1, -0.05) is 23.8 Å². The summed E-state index contributed by atoms with van der Waals surface area (Å²) in [6, 6.07) is 14.9. The van der Waals surface area contributed by atoms with Crippen molar-refractivity contribution in [3.05, 3.63) is 54.0 Å². The first kappa shape index (κ1) is 22.7. The summed E-state index contributed by atoms with van der Waals surface area (Å²) in [5.74, 6) is 0.707. The molecule has 6 rings (SSSR count). The van der Waals surface area contributed by atoms with Crippen molar-refractivity contribution in [3.8, 4) is 23.1 Å². The number of nitriles is 1. The molecule has 1 saturated carbocycles. The Kier molecular flexibility index (Phi) is 5.70. The summed E-state index contributed by atoms with van der Waals surface area (Å²) in [6.45, 7) is 5.99. The second-order valence-electron chi connectivity index (χ2n) is 9.77. The number of hydrogen-bond acceptors (Lipinski definition) is 7. The maximum atomic E-state index is 9.69. The fraction of sp³-hybridized carbons (Fsp3) is 0.407. The van der Waals surface area contributed by atoms with Crippen LogP contribution in [-0.4, -0.2) is 57.7 Å². The number of anilines is 1. The van der Waals surface area contributed by atoms with Crippen LogP contribution in [0.3, 0.4) is 0 Å². The molecular weight excluding hydrogens is 454 g/mol. The van der Waals surface area contributed by atoms with Gasteiger partial charge in [0.1, 0.15) is 5.52 Å². The average molecular weight is 484 g/mol. The lowest BCUT2D eigenvalue weighted by molar-refractivity contribution is 0.123. The number of methoxy groups -OCH3 is 1. The standard InChI is InChI=1S/C27H29N7O2/c1-19-4-3-5-20(12-19)22-13-21(15-35-2)34(31-22)24-14-23(32-8-10-36-11-9-32)25-26(30-24)33(18-29-25)17-27(16-28)6-7-27/h3-5,12-14,18H,6-11,15,17H2,1-2H3. The molecule has 0 radical (unpaired) electrons. The van der Waals surface area contributed by atoms with Crippen LogP contribution < -0.4 is 4.90 Å². The van der Waals surface area contributed by atoms with Crippen molar-refractivity contribution >= 4 is 16.9 Å². The summed E-state index contributed by atoms with van der Waals surface area (Å²) >= 11 is 0. The van der Waals surface area contributed by atoms with E-state index in [2.05, 4.69) is 48.2 Å². The monoisotopic (exact) mass is 483 g/mol. The van der Waals surface area contributed by atoms with E-state index < -0.39 is 0 Å². The fourth-order valence-corrected chi connectivity index (χ4v) is 4.87. The van der Waals surface area contributed by atoms with Gasteiger partial charge in [0.25, 0.3) is 0 Å². The SMILES string of the molecule is COCc1cc(-c2cccc(C)c2)nn1-c1cc(N2CCOCC2)c2ncn(CC3(C#N)CC3)c2n1. The lowest BCUT2D eigenvalue weighted by Gasteiger charge is -2.29. The molecule has 2 fully saturated rings. The molecule has 1 aliphatic carbocycles. The normalized spacial score (nSPS) is 16.9. The molecule has 4 heterocycles. The number of fused-ring (bicyclic) bond motifs is 1. The predicted octanol–water partition coefficient (Wildman–Crippen LogP) is 3.88. The van der Waals surface area contributed by atoms with Crippen molar-refractivity contribution in [3.63, 3.8) is 0 Å². The summed E-state index contributed by atoms with van der Waals surface area (Å²) in [5.41, 5.74) is 6.33. The molecule has 3 aromatic heterocycles. The molecule has 2 aliphatic rings. The quantitative estimate of drug-likeness (QED) is 0.394. The number of rotatable bonds is 7. The Morgan fingerprint density at radius 2 is 2.00 bits per heavy atom. The number of ether oxygens (including phenoxy) is 2. The molecule has 1 aromatic carbocycles. The lowest BCUT2D eigenvalue weighted by atomic mass is 10.1. The Morgan fingerprint density at radius 3 is 2.72 bits per heavy atom. The molecule has 0 amide bonds. The van der Waals surface area contributed by atoms with Crippen molar-refractivity contribution in [1.29, 1.82) is 5.26 Å². The van der Waals surface area contributed by atoms with Crippen LogP contribution in [0.5, 0.6) is 0 Å². The number of nitrogens with zero attached hydrogens (tertiary/aromatic N) is 7. The van der Waals surface area contributed by atoms with Gasteiger partial charge in [0.05, 0.1) is 54.7 Å². The number of morpholine rings is 1. The van der Waals surface area contributed by atoms with Gasteiger partial charge in [0.15, 0.2) is 11.5 Å². The minimum Gasteiger partial charge on any atom is -0.378 e. The Bertz CT molecular complexity index is 1450. The minimum atomic E-state index is -0.310. The van der Waals surface area contributed by atoms with Crippen LogP contribution in [0.4, 0.5) is 5.69 Å². The Labute approximate surface area is 209 Å². The van der Waals surface area contributed by atoms with Gasteiger partial charge in [-0.05, 0) is 31.9 Å². The van der Waals surface area contributed by atoms with Gasteiger partial charge in [0, 0.05) is 38.4 Å². The highest BCUT2D eigenvalue weighted by Gasteiger charge is 2.44. The first-order chi connectivity index (χ1) is 17.6. The van der Waals surface area contributed by atoms with Gasteiger partial charge in [-0.2, -0.15) is 10.4 Å². The summed E-state index contributed by atoms with van der Waals surface area (Å²) in [6.07, 6.45) is 3.65. The largest absolute Gasteiger partial charge is 0.378 e. The molecular formula is C27H29N7O2. The van der Waals surface area contributed by atoms with E-state index in [1.54, 1.807) is 7.11 Å². The number of benzene rings is 1. The van der Waals surface area contributed by atoms with Crippen molar-refractivity contribution < 1.29 is 9.47 Å². The maximum absolute atomic E-state index is 9.69. The molecule has 184 valence electrons. The molecule has 36 heavy (non-hydrogen) atoms. The second-order valence-corrected chi connectivity index (χ2v) is 9.77. The summed E-state index contributed by atoms with van der Waals surface area (Å²) in [7, 11) is 1.69. The number of aromatic nitrogens is 5. The van der Waals surface area contributed by atoms with E-state index in [0.717, 1.165) is 59.7 Å². The lowest BCUT2D eigenvalue weighted by Crippen LogP contribution is -2.36. The van der Waals surface area contributed by atoms with E-state index in [1.165, 1.54) is 5.56 Å². The van der Waals surface area contributed by atoms with Gasteiger partial charge in [-0.15, -0.1) is 0 Å². The molecule has 1 aliphatic heterocycles. The van der Waals surface area contributed by atoms with Gasteiger partial charge < -0.3 is 18.9 Å². The molecule has 9 heteroatoms. The molecule has 1 saturated heterocycles. The highest BCUT2D eigenvalue weighted by Crippen LogP contribution is 2.47. The van der Waals surface area contributed by atoms with Crippen molar-refractivity contribution in [2.45, 2.75) is 32.9 Å². The van der Waals surface area contributed by atoms with Crippen LogP contribution in [-0.2, 0) is 22.6 Å². The summed E-state index contributed by atoms with van der Waals surface area (Å²) in [4.78, 5) is 12.1. The molecule has 0 bridgehead atoms. The second kappa shape index (κ2) is 9.04. The number of aryl methyl sites for hydroxylation is 1. The van der Waals surface area contributed by atoms with Crippen molar-refractivity contribution in [2.24, 2.45) is 5.41 Å². The Hall–Kier alpha value is -3.74. The zero-order valence-corrected chi connectivity index (χ0v) is 20.6. The van der Waals surface area contributed by atoms with E-state index in [-0.39, 0.29) is 5.41 Å². The third-order valence-electron chi connectivity index (χ3n) is 7.06. The van der Waals surface area contributed by atoms with Crippen LogP contribution >= 0.6 is 0 Å². The Morgan fingerprint density at radius 1 is 1.17 bits per heavy atom. The maximum Gasteiger partial charge on any atom is 0.164 e. The van der Waals surface area contributed by atoms with Crippen molar-refractivity contribution in [2.75, 3.05) is 38.3 Å². The molecule has 9 nitrogen and oxygen atoms in total. The van der Waals surface area contributed by atoms with Gasteiger partial charge in [-0.3, -0.25) is 0 Å². The molecule has 0 N–H and O–H groups in total. The highest BCUT2D eigenvalue weighted by atomic mass is 16.5. The van der Waals surface area contributed by atoms with Crippen LogP contribution in [0.2, 0.25) is 0 Å². The third kappa shape index (κ3) is 4.12. The number of hydrogen-bond donors (Lipinski definition) is 0. The molecule has 0 atom stereocenters. The van der Waals surface area contributed by atoms with Crippen LogP contribution in [0.1, 0.15) is 24.1 Å². The first-order valence-corrected chi connectivity index (χ1v) is 12.3. The highest BCUT2D eigenvalue weighted by molar-refractivity contribution is 5.88. The first-order valence-electron chi connectivity index (χ1n) is 12.3. The topological polar surface area (TPSA) is 94.0 Å². The van der Waals surface area contributed by atoms with Gasteiger partial charge >= 0.3 is 0 Å². The fourth-order valence-electron chi connectivity index (χ4n) is 4.87. The third-order valence-corrected chi connectivity index (χ3v) is 7.06. The summed E-state index contributed by atoms with van der Waals surface area (Å²) < 4.78 is 15.0. The van der Waals surface area contributed by atoms with Crippen LogP contribution in [0, 0.1) is 23.7 Å². The van der Waals surface area contributed by atoms with E-state index in [9.17, 15) is 5.26 Å². The smallest absolute Gasteiger partial charge is 0.164 e. The van der Waals surface area contributed by atoms with E-state index in [4.69, 9.17) is 24.5 Å². The predicted molar refractivity (Wildman–Crippen MR) is 136 cm³/mol. The number of imidazole rings is 1. The van der Waals surface area contributed by atoms with Crippen molar-refractivity contribution in [1.82, 2.24) is 24.3 Å². The minimum absolute atomic E-state index is 0.310. The average Bonchev–Trinajstić information content (AvgIpc) is 3.37. The van der Waals surface area contributed by atoms with E-state index in [0.29, 0.717) is 32.2 Å². The van der Waals surface area contributed by atoms with Gasteiger partial charge in [0.2, 0.25) is 0 Å². The zero-order chi connectivity index (χ0) is 24.7. The van der Waals surface area contributed by atoms with Crippen LogP contribution in [0.25, 0.3) is 28.2 Å². The van der Waals surface area contributed by atoms with Gasteiger partial charge in [-0.25, -0.2) is 14.6 Å². The van der Waals surface area contributed by atoms with E-state index >= 15 is 0 Å². The van der Waals surface area contributed by atoms with E-state index in [1.807, 2.05) is 21.6 Å². The molecule has 0 unspecified atom stereocenters. The number of pyridine rings is 1. The molecule has 4 aromatic rings.